The van der Waals surface area contributed by atoms with E-state index in [1.807, 2.05) is 13.8 Å². The zero-order chi connectivity index (χ0) is 13.9. The van der Waals surface area contributed by atoms with Crippen LogP contribution in [0.25, 0.3) is 11.0 Å². The highest BCUT2D eigenvalue weighted by Crippen LogP contribution is 2.27. The Balaban J connectivity index is 0.000000771. The molecule has 0 amide bonds. The van der Waals surface area contributed by atoms with Gasteiger partial charge in [0.1, 0.15) is 17.1 Å². The van der Waals surface area contributed by atoms with E-state index in [4.69, 9.17) is 0 Å². The van der Waals surface area contributed by atoms with E-state index in [0.717, 1.165) is 6.07 Å². The molecular formula is C11H12F4N2O. The Labute approximate surface area is 101 Å². The molecule has 0 aliphatic heterocycles. The Bertz CT molecular complexity index is 534. The molecule has 2 rings (SSSR count). The van der Waals surface area contributed by atoms with E-state index in [1.54, 1.807) is 6.92 Å². The fourth-order valence-corrected chi connectivity index (χ4v) is 1.37. The maximum atomic E-state index is 13.3. The van der Waals surface area contributed by atoms with Crippen molar-refractivity contribution < 1.29 is 22.3 Å². The number of aromatic nitrogens is 2. The van der Waals surface area contributed by atoms with Crippen molar-refractivity contribution >= 4 is 11.0 Å². The second-order valence-electron chi connectivity index (χ2n) is 3.17. The summed E-state index contributed by atoms with van der Waals surface area (Å²) in [6.45, 7) is 5.57. The molecule has 0 atom stereocenters. The minimum absolute atomic E-state index is 0.00738. The van der Waals surface area contributed by atoms with Crippen molar-refractivity contribution in [2.75, 3.05) is 0 Å². The minimum atomic E-state index is -4.84. The first-order chi connectivity index (χ1) is 8.35. The molecule has 2 aromatic rings. The molecule has 0 aliphatic rings. The summed E-state index contributed by atoms with van der Waals surface area (Å²) in [5, 5.41) is 0. The van der Waals surface area contributed by atoms with Crippen LogP contribution in [0.4, 0.5) is 17.6 Å². The molecule has 18 heavy (non-hydrogen) atoms. The van der Waals surface area contributed by atoms with Crippen LogP contribution in [0.3, 0.4) is 0 Å². The zero-order valence-electron chi connectivity index (χ0n) is 10.0. The standard InChI is InChI=1S/C9H6F4N2O.C2H6/c1-4-14-7-3-5(16-9(11,12)13)2-6(10)8(7)15-4;1-2/h2-3H,1H3,(H,14,15);1-2H3. The molecule has 1 N–H and O–H groups in total. The monoisotopic (exact) mass is 264 g/mol. The van der Waals surface area contributed by atoms with Gasteiger partial charge >= 0.3 is 6.36 Å². The van der Waals surface area contributed by atoms with Crippen molar-refractivity contribution in [3.8, 4) is 5.75 Å². The number of nitrogens with one attached hydrogen (secondary N) is 1. The number of rotatable bonds is 1. The van der Waals surface area contributed by atoms with Gasteiger partial charge in [0.25, 0.3) is 0 Å². The van der Waals surface area contributed by atoms with Crippen molar-refractivity contribution in [2.45, 2.75) is 27.1 Å². The molecule has 0 spiro atoms. The van der Waals surface area contributed by atoms with Gasteiger partial charge in [0.2, 0.25) is 0 Å². The zero-order valence-corrected chi connectivity index (χ0v) is 10.0. The van der Waals surface area contributed by atoms with Crippen LogP contribution in [0.5, 0.6) is 5.75 Å². The van der Waals surface area contributed by atoms with Crippen LogP contribution in [-0.4, -0.2) is 16.3 Å². The molecule has 1 heterocycles. The van der Waals surface area contributed by atoms with Gasteiger partial charge in [-0.05, 0) is 6.92 Å². The number of aryl methyl sites for hydroxylation is 1. The van der Waals surface area contributed by atoms with Gasteiger partial charge in [-0.3, -0.25) is 0 Å². The van der Waals surface area contributed by atoms with Gasteiger partial charge in [-0.15, -0.1) is 13.2 Å². The Morgan fingerprint density at radius 3 is 2.39 bits per heavy atom. The molecule has 1 aromatic carbocycles. The Kier molecular flexibility index (Phi) is 4.15. The summed E-state index contributed by atoms with van der Waals surface area (Å²) in [7, 11) is 0. The van der Waals surface area contributed by atoms with E-state index in [9.17, 15) is 17.6 Å². The number of alkyl halides is 3. The maximum Gasteiger partial charge on any atom is 0.573 e. The highest BCUT2D eigenvalue weighted by Gasteiger charge is 2.31. The number of nitrogens with zero attached hydrogens (tertiary/aromatic N) is 1. The van der Waals surface area contributed by atoms with Gasteiger partial charge in [0.05, 0.1) is 5.52 Å². The Morgan fingerprint density at radius 1 is 1.22 bits per heavy atom. The van der Waals surface area contributed by atoms with Crippen molar-refractivity contribution in [2.24, 2.45) is 0 Å². The summed E-state index contributed by atoms with van der Waals surface area (Å²) in [5.74, 6) is -1.06. The van der Waals surface area contributed by atoms with E-state index in [-0.39, 0.29) is 11.0 Å². The lowest BCUT2D eigenvalue weighted by Gasteiger charge is -2.08. The average molecular weight is 264 g/mol. The van der Waals surface area contributed by atoms with Crippen LogP contribution in [0.15, 0.2) is 12.1 Å². The fraction of sp³-hybridized carbons (Fsp3) is 0.364. The molecule has 7 heteroatoms. The number of halogens is 4. The molecule has 0 fully saturated rings. The van der Waals surface area contributed by atoms with E-state index in [1.165, 1.54) is 0 Å². The normalized spacial score (nSPS) is 11.1. The van der Waals surface area contributed by atoms with E-state index in [2.05, 4.69) is 14.7 Å². The molecule has 100 valence electrons. The quantitative estimate of drug-likeness (QED) is 0.792. The highest BCUT2D eigenvalue weighted by atomic mass is 19.4. The summed E-state index contributed by atoms with van der Waals surface area (Å²) >= 11 is 0. The van der Waals surface area contributed by atoms with Crippen molar-refractivity contribution in [1.82, 2.24) is 9.97 Å². The Hall–Kier alpha value is -1.79. The van der Waals surface area contributed by atoms with Crippen LogP contribution < -0.4 is 4.74 Å². The van der Waals surface area contributed by atoms with E-state index in [0.29, 0.717) is 11.9 Å². The molecule has 0 saturated carbocycles. The van der Waals surface area contributed by atoms with Crippen molar-refractivity contribution in [3.05, 3.63) is 23.8 Å². The first-order valence-electron chi connectivity index (χ1n) is 5.27. The average Bonchev–Trinajstić information content (AvgIpc) is 2.59. The molecule has 1 aromatic heterocycles. The summed E-state index contributed by atoms with van der Waals surface area (Å²) in [6, 6.07) is 1.70. The summed E-state index contributed by atoms with van der Waals surface area (Å²) < 4.78 is 52.6. The molecule has 0 aliphatic carbocycles. The predicted molar refractivity (Wildman–Crippen MR) is 58.8 cm³/mol. The molecule has 0 unspecified atom stereocenters. The number of imidazole rings is 1. The third-order valence-corrected chi connectivity index (χ3v) is 1.87. The maximum absolute atomic E-state index is 13.3. The van der Waals surface area contributed by atoms with Crippen LogP contribution in [0.1, 0.15) is 19.7 Å². The van der Waals surface area contributed by atoms with Crippen LogP contribution in [0.2, 0.25) is 0 Å². The van der Waals surface area contributed by atoms with Gasteiger partial charge in [0.15, 0.2) is 5.82 Å². The van der Waals surface area contributed by atoms with Crippen LogP contribution in [0, 0.1) is 12.7 Å². The topological polar surface area (TPSA) is 37.9 Å². The largest absolute Gasteiger partial charge is 0.573 e. The molecule has 0 saturated heterocycles. The second kappa shape index (κ2) is 5.24. The van der Waals surface area contributed by atoms with Gasteiger partial charge < -0.3 is 9.72 Å². The first-order valence-corrected chi connectivity index (χ1v) is 5.27. The minimum Gasteiger partial charge on any atom is -0.406 e. The van der Waals surface area contributed by atoms with Crippen LogP contribution in [-0.2, 0) is 0 Å². The number of ether oxygens (including phenoxy) is 1. The van der Waals surface area contributed by atoms with Crippen molar-refractivity contribution in [3.63, 3.8) is 0 Å². The Morgan fingerprint density at radius 2 is 1.83 bits per heavy atom. The third kappa shape index (κ3) is 3.35. The van der Waals surface area contributed by atoms with Crippen LogP contribution >= 0.6 is 0 Å². The number of hydrogen-bond acceptors (Lipinski definition) is 2. The number of benzene rings is 1. The highest BCUT2D eigenvalue weighted by molar-refractivity contribution is 5.77. The first kappa shape index (κ1) is 14.3. The number of H-pyrrole nitrogens is 1. The fourth-order valence-electron chi connectivity index (χ4n) is 1.37. The van der Waals surface area contributed by atoms with E-state index < -0.39 is 17.9 Å². The predicted octanol–water partition coefficient (Wildman–Crippen LogP) is 3.94. The van der Waals surface area contributed by atoms with E-state index >= 15 is 0 Å². The number of hydrogen-bond donors (Lipinski definition) is 1. The summed E-state index contributed by atoms with van der Waals surface area (Å²) in [6.07, 6.45) is -4.84. The summed E-state index contributed by atoms with van der Waals surface area (Å²) in [4.78, 5) is 6.41. The molecule has 0 bridgehead atoms. The van der Waals surface area contributed by atoms with Gasteiger partial charge in [0, 0.05) is 12.1 Å². The van der Waals surface area contributed by atoms with Gasteiger partial charge in [-0.1, -0.05) is 13.8 Å². The molecule has 0 radical (unpaired) electrons. The lowest BCUT2D eigenvalue weighted by molar-refractivity contribution is -0.274. The third-order valence-electron chi connectivity index (χ3n) is 1.87. The summed E-state index contributed by atoms with van der Waals surface area (Å²) in [5.41, 5.74) is 0.156. The SMILES string of the molecule is CC.Cc1nc2c(F)cc(OC(F)(F)F)cc2[nH]1. The lowest BCUT2D eigenvalue weighted by Crippen LogP contribution is -2.17. The van der Waals surface area contributed by atoms with Crippen molar-refractivity contribution in [1.29, 1.82) is 0 Å². The number of aromatic amines is 1. The van der Waals surface area contributed by atoms with Gasteiger partial charge in [-0.2, -0.15) is 0 Å². The number of fused-ring (bicyclic) bond motifs is 1. The molecule has 3 nitrogen and oxygen atoms in total. The molecular weight excluding hydrogens is 252 g/mol. The smallest absolute Gasteiger partial charge is 0.406 e. The van der Waals surface area contributed by atoms with Gasteiger partial charge in [-0.25, -0.2) is 9.37 Å². The second-order valence-corrected chi connectivity index (χ2v) is 3.17. The lowest BCUT2D eigenvalue weighted by atomic mass is 10.3.